The maximum Gasteiger partial charge on any atom is 0 e. The molecule has 0 spiro atoms. The average Bonchev–Trinajstić information content (AvgIpc) is 2.77. The molecule has 1 radical (unpaired) electrons. The van der Waals surface area contributed by atoms with Gasteiger partial charge in [-0.3, -0.25) is 4.21 Å². The first-order chi connectivity index (χ1) is 12.4. The van der Waals surface area contributed by atoms with Crippen molar-refractivity contribution >= 4 is 21.5 Å². The Bertz CT molecular complexity index is 514. The molecule has 1 fully saturated rings. The van der Waals surface area contributed by atoms with E-state index < -0.39 is 33.7 Å². The van der Waals surface area contributed by atoms with Gasteiger partial charge in [0.2, 0.25) is 0 Å². The molecule has 1 heterocycles. The number of rotatable bonds is 0. The molecule has 1 aliphatic heterocycles. The Morgan fingerprint density at radius 2 is 1.28 bits per heavy atom. The standard InChI is InChI=1S/C5H12N3.CHF3O3S.CHF3.2CO.H2O3S.Rh/c1-6-4-7(2)8(3)5-6;2-1(3,4)8(5,6)7;2-1(3)4;2*1-2;1-4(2)3;/h4H,5H2,1-3H3;(H,5,6,7);1H;;;(H2,1,2,3);/q+1;;;;;;/p-3. The van der Waals surface area contributed by atoms with Crippen molar-refractivity contribution in [1.82, 2.24) is 14.9 Å². The molecule has 0 N–H and O–H groups in total. The van der Waals surface area contributed by atoms with Crippen LogP contribution in [0.3, 0.4) is 0 Å². The van der Waals surface area contributed by atoms with Crippen LogP contribution in [-0.4, -0.2) is 81.2 Å². The minimum atomic E-state index is -6.09. The zero-order valence-electron chi connectivity index (χ0n) is 14.4. The quantitative estimate of drug-likeness (QED) is 0.0734. The fraction of sp³-hybridized carbons (Fsp3) is 0.667. The summed E-state index contributed by atoms with van der Waals surface area (Å²) in [6.07, 6.45) is 0. The number of halogens is 6. The number of alkyl halides is 6. The molecular weight excluding hydrogens is 559 g/mol. The van der Waals surface area contributed by atoms with Gasteiger partial charge in [0.25, 0.3) is 6.67 Å². The Hall–Kier alpha value is -0.587. The molecular formula is C9H13F6N3O8RhS2-2. The Balaban J connectivity index is -0.0000000591. The predicted molar refractivity (Wildman–Crippen MR) is 72.9 cm³/mol. The molecule has 177 valence electrons. The van der Waals surface area contributed by atoms with Gasteiger partial charge in [-0.05, 0) is 0 Å². The van der Waals surface area contributed by atoms with Gasteiger partial charge in [0.05, 0.1) is 0 Å². The zero-order chi connectivity index (χ0) is 24.3. The summed E-state index contributed by atoms with van der Waals surface area (Å²) < 4.78 is 128. The van der Waals surface area contributed by atoms with Gasteiger partial charge >= 0.3 is 34.8 Å². The summed E-state index contributed by atoms with van der Waals surface area (Å²) in [4.78, 5) is 2.12. The van der Waals surface area contributed by atoms with Gasteiger partial charge < -0.3 is 13.7 Å². The molecule has 29 heavy (non-hydrogen) atoms. The fourth-order valence-corrected chi connectivity index (χ4v) is 0.833. The molecule has 0 atom stereocenters. The third kappa shape index (κ3) is 42.5. The van der Waals surface area contributed by atoms with Crippen molar-refractivity contribution in [3.63, 3.8) is 0 Å². The molecule has 0 amide bonds. The van der Waals surface area contributed by atoms with Gasteiger partial charge in [-0.1, -0.05) is 5.01 Å². The molecule has 0 aliphatic carbocycles. The summed E-state index contributed by atoms with van der Waals surface area (Å²) in [7, 11) is 0.0521. The normalized spacial score (nSPS) is 13.7. The van der Waals surface area contributed by atoms with Crippen molar-refractivity contribution < 1.29 is 81.4 Å². The maximum atomic E-state index is 10.7. The Morgan fingerprint density at radius 1 is 1.07 bits per heavy atom. The van der Waals surface area contributed by atoms with Crippen molar-refractivity contribution in [3.8, 4) is 0 Å². The van der Waals surface area contributed by atoms with Crippen LogP contribution < -0.4 is 0 Å². The number of hydrogen-bond donors (Lipinski definition) is 0. The van der Waals surface area contributed by atoms with Crippen molar-refractivity contribution in [1.29, 1.82) is 0 Å². The minimum Gasteiger partial charge on any atom is 0 e. The van der Waals surface area contributed by atoms with Gasteiger partial charge in [-0.2, -0.15) is 31.4 Å². The second kappa shape index (κ2) is 23.7. The summed E-state index contributed by atoms with van der Waals surface area (Å²) in [6.45, 7) is 8.39. The second-order valence-corrected chi connectivity index (χ2v) is 5.38. The van der Waals surface area contributed by atoms with Crippen LogP contribution in [0.25, 0.3) is 0 Å². The smallest absolute Gasteiger partial charge is 0 e. The van der Waals surface area contributed by atoms with Gasteiger partial charge in [-0.15, -0.1) is 16.3 Å². The second-order valence-electron chi connectivity index (χ2n) is 3.60. The Labute approximate surface area is 178 Å². The number of nitrogens with zero attached hydrogens (tertiary/aromatic N) is 3. The van der Waals surface area contributed by atoms with E-state index in [1.165, 1.54) is 0 Å². The van der Waals surface area contributed by atoms with Gasteiger partial charge in [0, 0.05) is 40.6 Å². The van der Waals surface area contributed by atoms with E-state index in [2.05, 4.69) is 49.0 Å². The van der Waals surface area contributed by atoms with Crippen molar-refractivity contribution in [2.24, 2.45) is 0 Å². The third-order valence-electron chi connectivity index (χ3n) is 1.61. The molecule has 1 saturated heterocycles. The van der Waals surface area contributed by atoms with Crippen LogP contribution in [0, 0.1) is 20.0 Å². The van der Waals surface area contributed by atoms with Crippen LogP contribution >= 0.6 is 0 Å². The van der Waals surface area contributed by atoms with Gasteiger partial charge in [0.1, 0.15) is 6.67 Å². The first-order valence-corrected chi connectivity index (χ1v) is 7.93. The molecule has 11 nitrogen and oxygen atoms in total. The largest absolute Gasteiger partial charge is 0 e. The van der Waals surface area contributed by atoms with E-state index in [1.54, 1.807) is 0 Å². The van der Waals surface area contributed by atoms with Crippen molar-refractivity contribution in [2.75, 3.05) is 27.8 Å². The molecule has 0 bridgehead atoms. The van der Waals surface area contributed by atoms with Crippen molar-refractivity contribution in [2.45, 2.75) is 12.2 Å². The van der Waals surface area contributed by atoms with Crippen LogP contribution in [0.2, 0.25) is 0 Å². The molecule has 1 aliphatic rings. The van der Waals surface area contributed by atoms with E-state index in [9.17, 15) is 26.3 Å². The van der Waals surface area contributed by atoms with E-state index in [1.807, 2.05) is 7.05 Å². The van der Waals surface area contributed by atoms with E-state index in [4.69, 9.17) is 35.6 Å². The van der Waals surface area contributed by atoms with E-state index in [0.29, 0.717) is 0 Å². The van der Waals surface area contributed by atoms with Gasteiger partial charge in [-0.25, -0.2) is 8.42 Å². The van der Waals surface area contributed by atoms with E-state index in [0.717, 1.165) is 6.67 Å². The molecule has 0 aromatic rings. The topological polar surface area (TPSA) is 170 Å². The zero-order valence-corrected chi connectivity index (χ0v) is 17.7. The van der Waals surface area contributed by atoms with Crippen LogP contribution in [0.5, 0.6) is 0 Å². The molecule has 1 rings (SSSR count). The molecule has 20 heteroatoms. The average molecular weight is 572 g/mol. The van der Waals surface area contributed by atoms with E-state index in [-0.39, 0.29) is 19.5 Å². The van der Waals surface area contributed by atoms with Gasteiger partial charge in [0.15, 0.2) is 10.1 Å². The van der Waals surface area contributed by atoms with Crippen molar-refractivity contribution in [3.05, 3.63) is 20.0 Å². The number of hydrogen-bond acceptors (Lipinski definition) is 9. The molecule has 0 saturated carbocycles. The van der Waals surface area contributed by atoms with Crippen LogP contribution in [0.15, 0.2) is 0 Å². The number of hydrazine groups is 1. The minimum absolute atomic E-state index is 0. The SMILES string of the molecule is CN1[CH+]N(C)N(C)C1.FC(F)F.O=S(=O)([O-])C(F)(F)F.O=S([O-])[O-].[C-]#[O+].[C-]#[O+].[Rh]. The Morgan fingerprint density at radius 3 is 1.31 bits per heavy atom. The third-order valence-corrected chi connectivity index (χ3v) is 2.18. The summed E-state index contributed by atoms with van der Waals surface area (Å²) in [5, 5.41) is 4.18. The summed E-state index contributed by atoms with van der Waals surface area (Å²) >= 11 is -3.11. The molecule has 0 unspecified atom stereocenters. The van der Waals surface area contributed by atoms with Crippen LogP contribution in [0.1, 0.15) is 0 Å². The first kappa shape index (κ1) is 42.5. The molecule has 0 aromatic heterocycles. The van der Waals surface area contributed by atoms with Crippen LogP contribution in [0.4, 0.5) is 26.3 Å². The monoisotopic (exact) mass is 572 g/mol. The first-order valence-electron chi connectivity index (χ1n) is 5.52. The Kier molecular flexibility index (Phi) is 34.7. The summed E-state index contributed by atoms with van der Waals surface area (Å²) in [5.41, 5.74) is -5.65. The van der Waals surface area contributed by atoms with Crippen LogP contribution in [-0.2, 0) is 50.3 Å². The maximum absolute atomic E-state index is 10.7. The summed E-state index contributed by atoms with van der Waals surface area (Å²) in [6, 6.07) is 0. The fourth-order valence-electron chi connectivity index (χ4n) is 0.833. The van der Waals surface area contributed by atoms with E-state index >= 15 is 0 Å². The predicted octanol–water partition coefficient (Wildman–Crippen LogP) is -0.0645. The summed E-state index contributed by atoms with van der Waals surface area (Å²) in [5.74, 6) is 0. The molecule has 0 aromatic carbocycles.